The fourth-order valence-electron chi connectivity index (χ4n) is 2.41. The van der Waals surface area contributed by atoms with E-state index in [0.717, 1.165) is 6.42 Å². The topological polar surface area (TPSA) is 139 Å². The molecule has 1 aliphatic heterocycles. The Balaban J connectivity index is 2.08. The molecule has 4 N–H and O–H groups in total. The highest BCUT2D eigenvalue weighted by atomic mass is 35.5. The second kappa shape index (κ2) is 7.23. The number of nitrogens with two attached hydrogens (primary N) is 1. The minimum Gasteiger partial charge on any atom is -0.481 e. The molecule has 1 aliphatic rings. The van der Waals surface area contributed by atoms with Gasteiger partial charge in [-0.3, -0.25) is 14.4 Å². The number of carbonyl (C=O) groups is 3. The van der Waals surface area contributed by atoms with Crippen molar-refractivity contribution >= 4 is 35.2 Å². The average Bonchev–Trinajstić information content (AvgIpc) is 2.46. The largest absolute Gasteiger partial charge is 0.481 e. The monoisotopic (exact) mass is 341 g/mol. The Morgan fingerprint density at radius 3 is 2.87 bits per heavy atom. The number of amides is 2. The van der Waals surface area contributed by atoms with Gasteiger partial charge in [-0.25, -0.2) is 4.98 Å². The maximum Gasteiger partial charge on any atom is 0.312 e. The van der Waals surface area contributed by atoms with E-state index in [1.165, 1.54) is 11.1 Å². The highest BCUT2D eigenvalue weighted by Gasteiger charge is 2.26. The molecule has 1 unspecified atom stereocenters. The number of hydrogen-bond donors (Lipinski definition) is 3. The van der Waals surface area contributed by atoms with E-state index < -0.39 is 24.2 Å². The van der Waals surface area contributed by atoms with Crippen LogP contribution in [0.1, 0.15) is 29.6 Å². The lowest BCUT2D eigenvalue weighted by Crippen LogP contribution is -2.46. The lowest BCUT2D eigenvalue weighted by Gasteiger charge is -2.33. The van der Waals surface area contributed by atoms with Crippen molar-refractivity contribution in [2.45, 2.75) is 25.3 Å². The number of carboxylic acid groups (broad SMARTS) is 1. The Hall–Kier alpha value is -2.42. The van der Waals surface area contributed by atoms with Crippen molar-refractivity contribution in [2.24, 2.45) is 5.73 Å². The molecule has 1 saturated heterocycles. The highest BCUT2D eigenvalue weighted by molar-refractivity contribution is 6.28. The van der Waals surface area contributed by atoms with Crippen LogP contribution in [0.3, 0.4) is 0 Å². The van der Waals surface area contributed by atoms with Crippen LogP contribution < -0.4 is 11.1 Å². The second-order valence-corrected chi connectivity index (χ2v) is 5.50. The molecule has 2 heterocycles. The van der Waals surface area contributed by atoms with E-state index in [-0.39, 0.29) is 22.7 Å². The van der Waals surface area contributed by atoms with Crippen LogP contribution in [0.4, 0.5) is 5.82 Å². The molecule has 9 nitrogen and oxygen atoms in total. The van der Waals surface area contributed by atoms with E-state index in [4.69, 9.17) is 22.4 Å². The Kier molecular flexibility index (Phi) is 5.32. The summed E-state index contributed by atoms with van der Waals surface area (Å²) in [7, 11) is 0. The molecule has 1 fully saturated rings. The molecule has 23 heavy (non-hydrogen) atoms. The summed E-state index contributed by atoms with van der Waals surface area (Å²) in [5.41, 5.74) is 5.37. The summed E-state index contributed by atoms with van der Waals surface area (Å²) in [6.07, 6.45) is 2.12. The van der Waals surface area contributed by atoms with Gasteiger partial charge < -0.3 is 21.1 Å². The first-order chi connectivity index (χ1) is 10.9. The van der Waals surface area contributed by atoms with Crippen LogP contribution in [0.15, 0.2) is 6.20 Å². The number of likely N-dealkylation sites (tertiary alicyclic amines) is 1. The number of nitrogens with zero attached hydrogens (tertiary/aromatic N) is 3. The minimum atomic E-state index is -1.16. The fraction of sp³-hybridized carbons (Fsp3) is 0.462. The predicted octanol–water partition coefficient (Wildman–Crippen LogP) is 0.106. The van der Waals surface area contributed by atoms with E-state index in [1.807, 2.05) is 0 Å². The van der Waals surface area contributed by atoms with Gasteiger partial charge in [0.1, 0.15) is 12.2 Å². The van der Waals surface area contributed by atoms with Crippen LogP contribution >= 0.6 is 11.6 Å². The van der Waals surface area contributed by atoms with Crippen molar-refractivity contribution in [3.63, 3.8) is 0 Å². The molecule has 0 saturated carbocycles. The van der Waals surface area contributed by atoms with Crippen molar-refractivity contribution in [3.05, 3.63) is 17.0 Å². The summed E-state index contributed by atoms with van der Waals surface area (Å²) in [6, 6.07) is -0.189. The number of rotatable bonds is 5. The van der Waals surface area contributed by atoms with Gasteiger partial charge in [0.05, 0.1) is 5.56 Å². The molecule has 2 rings (SSSR count). The van der Waals surface area contributed by atoms with E-state index >= 15 is 0 Å². The average molecular weight is 342 g/mol. The van der Waals surface area contributed by atoms with E-state index in [1.54, 1.807) is 0 Å². The summed E-state index contributed by atoms with van der Waals surface area (Å²) < 4.78 is 0. The third kappa shape index (κ3) is 4.52. The molecule has 0 spiro atoms. The standard InChI is InChI=1S/C13H16ClN5O4/c14-13-16-5-8(11(15)23)12(18-13)17-7-2-1-3-19(6-7)9(20)4-10(21)22/h5,7H,1-4,6H2,(H2,15,23)(H,21,22)(H,16,17,18). The summed E-state index contributed by atoms with van der Waals surface area (Å²) in [5.74, 6) is -2.10. The molecule has 10 heteroatoms. The molecular weight excluding hydrogens is 326 g/mol. The van der Waals surface area contributed by atoms with Crippen molar-refractivity contribution in [2.75, 3.05) is 18.4 Å². The van der Waals surface area contributed by atoms with Crippen molar-refractivity contribution in [1.82, 2.24) is 14.9 Å². The zero-order valence-corrected chi connectivity index (χ0v) is 12.9. The molecule has 0 radical (unpaired) electrons. The van der Waals surface area contributed by atoms with Crippen LogP contribution in [-0.2, 0) is 9.59 Å². The van der Waals surface area contributed by atoms with Crippen molar-refractivity contribution in [3.8, 4) is 0 Å². The molecule has 0 aromatic carbocycles. The zero-order valence-electron chi connectivity index (χ0n) is 12.2. The molecule has 0 aliphatic carbocycles. The number of anilines is 1. The maximum atomic E-state index is 11.8. The smallest absolute Gasteiger partial charge is 0.312 e. The highest BCUT2D eigenvalue weighted by Crippen LogP contribution is 2.19. The van der Waals surface area contributed by atoms with Crippen molar-refractivity contribution in [1.29, 1.82) is 0 Å². The minimum absolute atomic E-state index is 0.0351. The Labute approximate surface area is 136 Å². The summed E-state index contributed by atoms with van der Waals surface area (Å²) in [6.45, 7) is 0.809. The SMILES string of the molecule is NC(=O)c1cnc(Cl)nc1NC1CCCN(C(=O)CC(=O)O)C1. The van der Waals surface area contributed by atoms with Gasteiger partial charge >= 0.3 is 5.97 Å². The number of hydrogen-bond acceptors (Lipinski definition) is 6. The van der Waals surface area contributed by atoms with Crippen LogP contribution in [0.2, 0.25) is 5.28 Å². The first-order valence-electron chi connectivity index (χ1n) is 6.95. The number of halogens is 1. The maximum absolute atomic E-state index is 11.8. The quantitative estimate of drug-likeness (QED) is 0.510. The number of carboxylic acids is 1. The van der Waals surface area contributed by atoms with Gasteiger partial charge in [0.2, 0.25) is 11.2 Å². The predicted molar refractivity (Wildman–Crippen MR) is 81.0 cm³/mol. The third-order valence-corrected chi connectivity index (χ3v) is 3.62. The summed E-state index contributed by atoms with van der Waals surface area (Å²) >= 11 is 5.73. The molecule has 2 amide bonds. The van der Waals surface area contributed by atoms with Gasteiger partial charge in [-0.2, -0.15) is 4.98 Å². The van der Waals surface area contributed by atoms with E-state index in [0.29, 0.717) is 19.5 Å². The Bertz CT molecular complexity index is 639. The first kappa shape index (κ1) is 16.9. The van der Waals surface area contributed by atoms with E-state index in [2.05, 4.69) is 15.3 Å². The number of primary amides is 1. The van der Waals surface area contributed by atoms with E-state index in [9.17, 15) is 14.4 Å². The molecule has 1 aromatic rings. The first-order valence-corrected chi connectivity index (χ1v) is 7.33. The Morgan fingerprint density at radius 1 is 1.48 bits per heavy atom. The number of nitrogens with one attached hydrogen (secondary N) is 1. The van der Waals surface area contributed by atoms with Gasteiger partial charge in [0.25, 0.3) is 5.91 Å². The van der Waals surface area contributed by atoms with Crippen LogP contribution in [0.5, 0.6) is 0 Å². The van der Waals surface area contributed by atoms with Crippen LogP contribution in [0, 0.1) is 0 Å². The molecule has 0 bridgehead atoms. The summed E-state index contributed by atoms with van der Waals surface area (Å²) in [4.78, 5) is 43.0. The Morgan fingerprint density at radius 2 is 2.22 bits per heavy atom. The summed E-state index contributed by atoms with van der Waals surface area (Å²) in [5, 5.41) is 11.7. The van der Waals surface area contributed by atoms with Gasteiger partial charge in [0.15, 0.2) is 0 Å². The molecule has 124 valence electrons. The van der Waals surface area contributed by atoms with Gasteiger partial charge in [-0.1, -0.05) is 0 Å². The molecular formula is C13H16ClN5O4. The van der Waals surface area contributed by atoms with Crippen LogP contribution in [-0.4, -0.2) is 56.9 Å². The second-order valence-electron chi connectivity index (χ2n) is 5.16. The number of carbonyl (C=O) groups excluding carboxylic acids is 2. The lowest BCUT2D eigenvalue weighted by atomic mass is 10.0. The lowest BCUT2D eigenvalue weighted by molar-refractivity contribution is -0.144. The van der Waals surface area contributed by atoms with Gasteiger partial charge in [-0.05, 0) is 24.4 Å². The fourth-order valence-corrected chi connectivity index (χ4v) is 2.54. The molecule has 1 aromatic heterocycles. The van der Waals surface area contributed by atoms with Crippen LogP contribution in [0.25, 0.3) is 0 Å². The number of piperidine rings is 1. The van der Waals surface area contributed by atoms with Gasteiger partial charge in [-0.15, -0.1) is 0 Å². The number of aromatic nitrogens is 2. The van der Waals surface area contributed by atoms with Gasteiger partial charge in [0, 0.05) is 25.3 Å². The zero-order chi connectivity index (χ0) is 17.0. The number of aliphatic carboxylic acids is 1. The third-order valence-electron chi connectivity index (χ3n) is 3.44. The normalized spacial score (nSPS) is 17.6. The van der Waals surface area contributed by atoms with Crippen molar-refractivity contribution < 1.29 is 19.5 Å². The molecule has 1 atom stereocenters.